The molecule has 0 aliphatic carbocycles. The van der Waals surface area contributed by atoms with Gasteiger partial charge < -0.3 is 10.2 Å². The van der Waals surface area contributed by atoms with E-state index in [1.54, 1.807) is 6.07 Å². The number of rotatable bonds is 8. The second-order valence-electron chi connectivity index (χ2n) is 6.32. The molecule has 2 aromatic carbocycles. The van der Waals surface area contributed by atoms with Crippen LogP contribution in [0.15, 0.2) is 53.4 Å². The normalized spacial score (nSPS) is 11.1. The van der Waals surface area contributed by atoms with E-state index in [9.17, 15) is 18.0 Å². The van der Waals surface area contributed by atoms with Gasteiger partial charge in [-0.1, -0.05) is 25.1 Å². The van der Waals surface area contributed by atoms with Crippen LogP contribution in [0.5, 0.6) is 0 Å². The van der Waals surface area contributed by atoms with Crippen LogP contribution in [0.2, 0.25) is 0 Å². The van der Waals surface area contributed by atoms with E-state index >= 15 is 0 Å². The second kappa shape index (κ2) is 9.48. The highest BCUT2D eigenvalue weighted by Gasteiger charge is 2.20. The van der Waals surface area contributed by atoms with Gasteiger partial charge in [-0.3, -0.25) is 9.59 Å². The number of sulfonamides is 1. The fourth-order valence-electron chi connectivity index (χ4n) is 2.68. The Morgan fingerprint density at radius 3 is 2.25 bits per heavy atom. The van der Waals surface area contributed by atoms with E-state index in [4.69, 9.17) is 0 Å². The number of benzene rings is 2. The average molecular weight is 404 g/mol. The van der Waals surface area contributed by atoms with Gasteiger partial charge in [-0.15, -0.1) is 0 Å². The zero-order valence-corrected chi connectivity index (χ0v) is 17.0. The molecule has 7 nitrogen and oxygen atoms in total. The molecule has 28 heavy (non-hydrogen) atoms. The van der Waals surface area contributed by atoms with Gasteiger partial charge in [-0.05, 0) is 56.3 Å². The van der Waals surface area contributed by atoms with Gasteiger partial charge in [0.1, 0.15) is 6.54 Å². The molecule has 0 aromatic heterocycles. The van der Waals surface area contributed by atoms with E-state index in [2.05, 4.69) is 10.0 Å². The highest BCUT2D eigenvalue weighted by atomic mass is 32.2. The van der Waals surface area contributed by atoms with Gasteiger partial charge in [-0.2, -0.15) is 0 Å². The molecule has 2 N–H and O–H groups in total. The highest BCUT2D eigenvalue weighted by Crippen LogP contribution is 2.15. The topological polar surface area (TPSA) is 95.6 Å². The van der Waals surface area contributed by atoms with Crippen molar-refractivity contribution in [2.45, 2.75) is 25.2 Å². The first-order valence-electron chi connectivity index (χ1n) is 8.97. The summed E-state index contributed by atoms with van der Waals surface area (Å²) in [6.45, 7) is 4.14. The van der Waals surface area contributed by atoms with Gasteiger partial charge in [0.2, 0.25) is 15.9 Å². The molecule has 2 amide bonds. The number of carbonyl (C=O) groups is 2. The summed E-state index contributed by atoms with van der Waals surface area (Å²) in [6.07, 6.45) is 0.690. The lowest BCUT2D eigenvalue weighted by molar-refractivity contribution is -0.116. The first kappa shape index (κ1) is 21.6. The van der Waals surface area contributed by atoms with Crippen LogP contribution in [-0.2, 0) is 14.8 Å². The van der Waals surface area contributed by atoms with Crippen LogP contribution in [0.3, 0.4) is 0 Å². The van der Waals surface area contributed by atoms with Gasteiger partial charge in [0.15, 0.2) is 0 Å². The molecule has 0 aliphatic rings. The number of hydrogen-bond donors (Lipinski definition) is 2. The maximum atomic E-state index is 12.8. The maximum Gasteiger partial charge on any atom is 0.254 e. The number of carbonyl (C=O) groups excluding carboxylic acids is 2. The highest BCUT2D eigenvalue weighted by molar-refractivity contribution is 7.89. The number of anilines is 1. The Hall–Kier alpha value is -2.71. The summed E-state index contributed by atoms with van der Waals surface area (Å²) < 4.78 is 25.8. The second-order valence-corrected chi connectivity index (χ2v) is 8.21. The lowest BCUT2D eigenvalue weighted by Gasteiger charge is -2.22. The maximum absolute atomic E-state index is 12.8. The zero-order valence-electron chi connectivity index (χ0n) is 16.2. The zero-order chi connectivity index (χ0) is 20.7. The van der Waals surface area contributed by atoms with Gasteiger partial charge in [-0.25, -0.2) is 13.1 Å². The molecule has 150 valence electrons. The Labute approximate surface area is 165 Å². The molecule has 0 spiro atoms. The lowest BCUT2D eigenvalue weighted by atomic mass is 10.2. The van der Waals surface area contributed by atoms with E-state index < -0.39 is 10.0 Å². The van der Waals surface area contributed by atoms with Crippen LogP contribution in [0.25, 0.3) is 0 Å². The van der Waals surface area contributed by atoms with Crippen LogP contribution in [-0.4, -0.2) is 45.3 Å². The Balaban J connectivity index is 2.13. The van der Waals surface area contributed by atoms with E-state index in [0.29, 0.717) is 24.2 Å². The monoisotopic (exact) mass is 403 g/mol. The predicted octanol–water partition coefficient (Wildman–Crippen LogP) is 2.39. The van der Waals surface area contributed by atoms with E-state index in [0.717, 1.165) is 5.56 Å². The molecular formula is C20H25N3O4S. The Bertz CT molecular complexity index is 940. The summed E-state index contributed by atoms with van der Waals surface area (Å²) in [5.41, 5.74) is 1.97. The van der Waals surface area contributed by atoms with Crippen LogP contribution in [0, 0.1) is 6.92 Å². The molecule has 2 aromatic rings. The van der Waals surface area contributed by atoms with Crippen LogP contribution < -0.4 is 10.0 Å². The van der Waals surface area contributed by atoms with Gasteiger partial charge in [0, 0.05) is 17.8 Å². The summed E-state index contributed by atoms with van der Waals surface area (Å²) in [4.78, 5) is 26.7. The van der Waals surface area contributed by atoms with Crippen molar-refractivity contribution in [3.8, 4) is 0 Å². The molecule has 2 rings (SSSR count). The Kier molecular flexibility index (Phi) is 7.31. The molecule has 0 aliphatic heterocycles. The van der Waals surface area contributed by atoms with E-state index in [1.165, 1.54) is 36.2 Å². The molecule has 0 bridgehead atoms. The Morgan fingerprint density at radius 2 is 1.68 bits per heavy atom. The number of amides is 2. The Morgan fingerprint density at radius 1 is 1.04 bits per heavy atom. The van der Waals surface area contributed by atoms with Gasteiger partial charge in [0.25, 0.3) is 5.91 Å². The standard InChI is InChI=1S/C20H25N3O4S/c1-4-13-23(14-19(24)22-18-8-6-5-7-15(18)2)20(25)16-9-11-17(12-10-16)28(26,27)21-3/h5-12,21H,4,13-14H2,1-3H3,(H,22,24). The smallest absolute Gasteiger partial charge is 0.254 e. The summed E-state index contributed by atoms with van der Waals surface area (Å²) >= 11 is 0. The molecule has 0 heterocycles. The summed E-state index contributed by atoms with van der Waals surface area (Å²) in [5.74, 6) is -0.610. The molecule has 0 radical (unpaired) electrons. The van der Waals surface area contributed by atoms with Crippen molar-refractivity contribution in [3.05, 3.63) is 59.7 Å². The van der Waals surface area contributed by atoms with E-state index in [1.807, 2.05) is 32.0 Å². The molecule has 0 saturated carbocycles. The van der Waals surface area contributed by atoms with Crippen molar-refractivity contribution in [3.63, 3.8) is 0 Å². The van der Waals surface area contributed by atoms with Crippen LogP contribution >= 0.6 is 0 Å². The van der Waals surface area contributed by atoms with E-state index in [-0.39, 0.29) is 23.3 Å². The third-order valence-electron chi connectivity index (χ3n) is 4.21. The van der Waals surface area contributed by atoms with Gasteiger partial charge in [0.05, 0.1) is 4.90 Å². The molecule has 0 atom stereocenters. The lowest BCUT2D eigenvalue weighted by Crippen LogP contribution is -2.38. The van der Waals surface area contributed by atoms with Crippen molar-refractivity contribution in [1.29, 1.82) is 0 Å². The number of para-hydroxylation sites is 1. The van der Waals surface area contributed by atoms with Crippen molar-refractivity contribution in [2.24, 2.45) is 0 Å². The summed E-state index contributed by atoms with van der Waals surface area (Å²) in [7, 11) is -2.24. The third kappa shape index (κ3) is 5.40. The summed E-state index contributed by atoms with van der Waals surface area (Å²) in [6, 6.07) is 13.1. The largest absolute Gasteiger partial charge is 0.329 e. The molecule has 0 unspecified atom stereocenters. The number of nitrogens with one attached hydrogen (secondary N) is 2. The predicted molar refractivity (Wildman–Crippen MR) is 109 cm³/mol. The fraction of sp³-hybridized carbons (Fsp3) is 0.300. The minimum absolute atomic E-state index is 0.0749. The minimum Gasteiger partial charge on any atom is -0.329 e. The van der Waals surface area contributed by atoms with Crippen molar-refractivity contribution < 1.29 is 18.0 Å². The number of hydrogen-bond acceptors (Lipinski definition) is 4. The average Bonchev–Trinajstić information content (AvgIpc) is 2.69. The van der Waals surface area contributed by atoms with Crippen LogP contribution in [0.4, 0.5) is 5.69 Å². The fourth-order valence-corrected chi connectivity index (χ4v) is 3.41. The third-order valence-corrected chi connectivity index (χ3v) is 5.64. The molecule has 0 saturated heterocycles. The molecule has 8 heteroatoms. The van der Waals surface area contributed by atoms with Crippen molar-refractivity contribution in [1.82, 2.24) is 9.62 Å². The minimum atomic E-state index is -3.57. The SMILES string of the molecule is CCCN(CC(=O)Nc1ccccc1C)C(=O)c1ccc(S(=O)(=O)NC)cc1. The molecular weight excluding hydrogens is 378 g/mol. The van der Waals surface area contributed by atoms with Gasteiger partial charge >= 0.3 is 0 Å². The quantitative estimate of drug-likeness (QED) is 0.707. The first-order chi connectivity index (χ1) is 13.3. The van der Waals surface area contributed by atoms with Crippen LogP contribution in [0.1, 0.15) is 29.3 Å². The number of nitrogens with zero attached hydrogens (tertiary/aromatic N) is 1. The van der Waals surface area contributed by atoms with Crippen molar-refractivity contribution >= 4 is 27.5 Å². The number of aryl methyl sites for hydroxylation is 1. The molecule has 0 fully saturated rings. The van der Waals surface area contributed by atoms with Crippen molar-refractivity contribution in [2.75, 3.05) is 25.5 Å². The summed E-state index contributed by atoms with van der Waals surface area (Å²) in [5, 5.41) is 2.82. The first-order valence-corrected chi connectivity index (χ1v) is 10.4.